The topological polar surface area (TPSA) is 41.1 Å². The molecule has 1 aliphatic rings. The van der Waals surface area contributed by atoms with Crippen molar-refractivity contribution in [2.24, 2.45) is 0 Å². The maximum atomic E-state index is 10.9. The summed E-state index contributed by atoms with van der Waals surface area (Å²) < 4.78 is 2.09. The van der Waals surface area contributed by atoms with Crippen LogP contribution >= 0.6 is 43.2 Å². The molecule has 0 saturated carbocycles. The van der Waals surface area contributed by atoms with Crippen molar-refractivity contribution in [2.75, 3.05) is 6.54 Å². The van der Waals surface area contributed by atoms with E-state index in [4.69, 9.17) is 0 Å². The average molecular weight is 326 g/mol. The SMILES string of the molecule is O=C1NC[C@H](c2cc(Br)c(Br)s2)N1. The standard InChI is InChI=1S/C7H6Br2N2OS/c8-3-1-5(13-6(3)9)4-2-10-7(12)11-4/h1,4H,2H2,(H2,10,11,12)/t4-/m1/s1. The minimum atomic E-state index is -0.0920. The van der Waals surface area contributed by atoms with Crippen LogP contribution in [0.15, 0.2) is 14.3 Å². The van der Waals surface area contributed by atoms with Gasteiger partial charge in [-0.25, -0.2) is 4.79 Å². The van der Waals surface area contributed by atoms with Gasteiger partial charge in [0.25, 0.3) is 0 Å². The molecule has 1 atom stereocenters. The lowest BCUT2D eigenvalue weighted by atomic mass is 10.2. The van der Waals surface area contributed by atoms with Gasteiger partial charge in [0.1, 0.15) is 0 Å². The fourth-order valence-corrected chi connectivity index (χ4v) is 3.30. The predicted octanol–water partition coefficient (Wildman–Crippen LogP) is 2.63. The Hall–Kier alpha value is -0.0700. The molecule has 2 rings (SSSR count). The summed E-state index contributed by atoms with van der Waals surface area (Å²) in [7, 11) is 0. The van der Waals surface area contributed by atoms with Crippen molar-refractivity contribution in [2.45, 2.75) is 6.04 Å². The molecule has 0 aromatic carbocycles. The number of halogens is 2. The zero-order chi connectivity index (χ0) is 9.42. The molecule has 1 aromatic heterocycles. The van der Waals surface area contributed by atoms with Crippen molar-refractivity contribution < 1.29 is 4.79 Å². The Balaban J connectivity index is 2.21. The molecule has 0 unspecified atom stereocenters. The Kier molecular flexibility index (Phi) is 2.62. The van der Waals surface area contributed by atoms with E-state index in [9.17, 15) is 4.79 Å². The number of urea groups is 1. The Labute approximate surface area is 96.2 Å². The second-order valence-corrected chi connectivity index (χ2v) is 5.93. The van der Waals surface area contributed by atoms with Crippen molar-refractivity contribution in [1.29, 1.82) is 0 Å². The Morgan fingerprint density at radius 1 is 1.54 bits per heavy atom. The second-order valence-electron chi connectivity index (χ2n) is 2.68. The molecule has 70 valence electrons. The Morgan fingerprint density at radius 2 is 2.31 bits per heavy atom. The van der Waals surface area contributed by atoms with Crippen LogP contribution in [0.2, 0.25) is 0 Å². The van der Waals surface area contributed by atoms with E-state index in [0.717, 1.165) is 13.1 Å². The first-order chi connectivity index (χ1) is 6.16. The maximum absolute atomic E-state index is 10.9. The van der Waals surface area contributed by atoms with Crippen LogP contribution in [0.4, 0.5) is 4.79 Å². The van der Waals surface area contributed by atoms with Crippen LogP contribution in [-0.2, 0) is 0 Å². The first-order valence-corrected chi connectivity index (χ1v) is 6.06. The highest BCUT2D eigenvalue weighted by molar-refractivity contribution is 9.13. The number of amides is 2. The zero-order valence-corrected chi connectivity index (χ0v) is 10.4. The van der Waals surface area contributed by atoms with Gasteiger partial charge < -0.3 is 10.6 Å². The van der Waals surface area contributed by atoms with E-state index in [1.807, 2.05) is 6.07 Å². The molecule has 1 fully saturated rings. The lowest BCUT2D eigenvalue weighted by Crippen LogP contribution is -2.21. The lowest BCUT2D eigenvalue weighted by molar-refractivity contribution is 0.247. The first kappa shape index (κ1) is 9.48. The molecule has 3 nitrogen and oxygen atoms in total. The highest BCUT2D eigenvalue weighted by Crippen LogP contribution is 2.35. The van der Waals surface area contributed by atoms with Gasteiger partial charge in [-0.3, -0.25) is 0 Å². The van der Waals surface area contributed by atoms with Crippen molar-refractivity contribution in [3.05, 3.63) is 19.2 Å². The molecule has 0 radical (unpaired) electrons. The maximum Gasteiger partial charge on any atom is 0.315 e. The van der Waals surface area contributed by atoms with E-state index in [-0.39, 0.29) is 12.1 Å². The van der Waals surface area contributed by atoms with E-state index in [1.54, 1.807) is 11.3 Å². The third-order valence-electron chi connectivity index (χ3n) is 1.78. The van der Waals surface area contributed by atoms with E-state index < -0.39 is 0 Å². The van der Waals surface area contributed by atoms with E-state index in [2.05, 4.69) is 42.5 Å². The van der Waals surface area contributed by atoms with Crippen LogP contribution in [-0.4, -0.2) is 12.6 Å². The highest BCUT2D eigenvalue weighted by Gasteiger charge is 2.23. The number of hydrogen-bond acceptors (Lipinski definition) is 2. The number of carbonyl (C=O) groups is 1. The molecule has 0 aliphatic carbocycles. The van der Waals surface area contributed by atoms with Gasteiger partial charge in [0.2, 0.25) is 0 Å². The molecule has 1 aliphatic heterocycles. The number of rotatable bonds is 1. The van der Waals surface area contributed by atoms with Gasteiger partial charge in [-0.2, -0.15) is 0 Å². The number of hydrogen-bond donors (Lipinski definition) is 2. The van der Waals surface area contributed by atoms with Gasteiger partial charge in [0, 0.05) is 15.9 Å². The van der Waals surface area contributed by atoms with Crippen LogP contribution < -0.4 is 10.6 Å². The number of thiophene rings is 1. The molecule has 0 spiro atoms. The molecule has 13 heavy (non-hydrogen) atoms. The quantitative estimate of drug-likeness (QED) is 0.818. The van der Waals surface area contributed by atoms with E-state index >= 15 is 0 Å². The summed E-state index contributed by atoms with van der Waals surface area (Å²) in [5.41, 5.74) is 0. The summed E-state index contributed by atoms with van der Waals surface area (Å²) in [5.74, 6) is 0. The summed E-state index contributed by atoms with van der Waals surface area (Å²) in [5, 5.41) is 5.55. The third kappa shape index (κ3) is 1.89. The van der Waals surface area contributed by atoms with Crippen molar-refractivity contribution >= 4 is 49.2 Å². The fraction of sp³-hybridized carbons (Fsp3) is 0.286. The Morgan fingerprint density at radius 3 is 2.77 bits per heavy atom. The number of carbonyl (C=O) groups excluding carboxylic acids is 1. The lowest BCUT2D eigenvalue weighted by Gasteiger charge is -2.03. The van der Waals surface area contributed by atoms with Crippen LogP contribution in [0.25, 0.3) is 0 Å². The van der Waals surface area contributed by atoms with E-state index in [1.165, 1.54) is 0 Å². The molecular weight excluding hydrogens is 320 g/mol. The van der Waals surface area contributed by atoms with Gasteiger partial charge in [0.05, 0.1) is 9.83 Å². The molecule has 0 bridgehead atoms. The summed E-state index contributed by atoms with van der Waals surface area (Å²) in [6.07, 6.45) is 0. The van der Waals surface area contributed by atoms with Gasteiger partial charge >= 0.3 is 6.03 Å². The predicted molar refractivity (Wildman–Crippen MR) is 59.0 cm³/mol. The van der Waals surface area contributed by atoms with Gasteiger partial charge in [-0.15, -0.1) is 11.3 Å². The minimum Gasteiger partial charge on any atom is -0.336 e. The normalized spacial score (nSPS) is 21.4. The second kappa shape index (κ2) is 3.59. The monoisotopic (exact) mass is 324 g/mol. The van der Waals surface area contributed by atoms with Crippen LogP contribution in [0.3, 0.4) is 0 Å². The fourth-order valence-electron chi connectivity index (χ4n) is 1.16. The summed E-state index contributed by atoms with van der Waals surface area (Å²) in [4.78, 5) is 12.0. The van der Waals surface area contributed by atoms with Crippen LogP contribution in [0, 0.1) is 0 Å². The first-order valence-electron chi connectivity index (χ1n) is 3.66. The van der Waals surface area contributed by atoms with Crippen molar-refractivity contribution in [1.82, 2.24) is 10.6 Å². The van der Waals surface area contributed by atoms with Crippen molar-refractivity contribution in [3.63, 3.8) is 0 Å². The van der Waals surface area contributed by atoms with Gasteiger partial charge in [-0.05, 0) is 37.9 Å². The summed E-state index contributed by atoms with van der Waals surface area (Å²) in [6, 6.07) is 2.04. The molecular formula is C7H6Br2N2OS. The Bertz CT molecular complexity index is 333. The number of nitrogens with one attached hydrogen (secondary N) is 2. The average Bonchev–Trinajstić information content (AvgIpc) is 2.61. The summed E-state index contributed by atoms with van der Waals surface area (Å²) in [6.45, 7) is 0.665. The van der Waals surface area contributed by atoms with E-state index in [0.29, 0.717) is 6.54 Å². The van der Waals surface area contributed by atoms with Crippen molar-refractivity contribution in [3.8, 4) is 0 Å². The molecule has 1 aromatic rings. The molecule has 2 amide bonds. The third-order valence-corrected chi connectivity index (χ3v) is 5.15. The zero-order valence-electron chi connectivity index (χ0n) is 6.43. The van der Waals surface area contributed by atoms with Crippen LogP contribution in [0.5, 0.6) is 0 Å². The molecule has 1 saturated heterocycles. The smallest absolute Gasteiger partial charge is 0.315 e. The molecule has 6 heteroatoms. The molecule has 2 N–H and O–H groups in total. The van der Waals surface area contributed by atoms with Crippen LogP contribution in [0.1, 0.15) is 10.9 Å². The van der Waals surface area contributed by atoms with Gasteiger partial charge in [-0.1, -0.05) is 0 Å². The molecule has 2 heterocycles. The van der Waals surface area contributed by atoms with Gasteiger partial charge in [0.15, 0.2) is 0 Å². The minimum absolute atomic E-state index is 0.0920. The highest BCUT2D eigenvalue weighted by atomic mass is 79.9. The summed E-state index contributed by atoms with van der Waals surface area (Å²) >= 11 is 8.45. The largest absolute Gasteiger partial charge is 0.336 e.